The van der Waals surface area contributed by atoms with E-state index in [1.165, 1.54) is 6.26 Å². The monoisotopic (exact) mass is 213 g/mol. The lowest BCUT2D eigenvalue weighted by Crippen LogP contribution is -1.67. The normalized spacial score (nSPS) is 12.0. The van der Waals surface area contributed by atoms with Crippen molar-refractivity contribution in [3.8, 4) is 0 Å². The lowest BCUT2D eigenvalue weighted by atomic mass is 10.5. The van der Waals surface area contributed by atoms with Crippen molar-refractivity contribution in [3.63, 3.8) is 0 Å². The van der Waals surface area contributed by atoms with Crippen LogP contribution < -0.4 is 0 Å². The highest BCUT2D eigenvalue weighted by Crippen LogP contribution is 2.14. The second kappa shape index (κ2) is 6.20. The van der Waals surface area contributed by atoms with E-state index in [1.807, 2.05) is 0 Å². The van der Waals surface area contributed by atoms with Gasteiger partial charge in [-0.05, 0) is 12.5 Å². The van der Waals surface area contributed by atoms with Gasteiger partial charge in [0.25, 0.3) is 0 Å². The predicted molar refractivity (Wildman–Crippen MR) is 38.5 cm³/mol. The van der Waals surface area contributed by atoms with E-state index >= 15 is 0 Å². The first-order valence-corrected chi connectivity index (χ1v) is 4.56. The van der Waals surface area contributed by atoms with Crippen LogP contribution in [0.25, 0.3) is 0 Å². The lowest BCUT2D eigenvalue weighted by Gasteiger charge is -1.77. The van der Waals surface area contributed by atoms with Gasteiger partial charge in [0.15, 0.2) is 0 Å². The molecule has 1 unspecified atom stereocenters. The molecule has 1 atom stereocenters. The first kappa shape index (κ1) is 9.08. The maximum atomic E-state index is 9.83. The molecule has 0 aromatic rings. The van der Waals surface area contributed by atoms with Crippen molar-refractivity contribution < 1.29 is 14.0 Å². The van der Waals surface area contributed by atoms with Gasteiger partial charge in [-0.2, -0.15) is 0 Å². The number of hydrogen-bond donors (Lipinski definition) is 1. The van der Waals surface area contributed by atoms with E-state index in [4.69, 9.17) is 4.89 Å². The van der Waals surface area contributed by atoms with Crippen molar-refractivity contribution in [2.45, 2.75) is 6.42 Å². The summed E-state index contributed by atoms with van der Waals surface area (Å²) in [7, 11) is -2.47. The number of allylic oxidation sites excluding steroid dienone is 1. The third-order valence-corrected chi connectivity index (χ3v) is 1.28. The van der Waals surface area contributed by atoms with Gasteiger partial charge in [0, 0.05) is 9.90 Å². The number of halogens is 1. The Labute approximate surface area is 62.8 Å². The highest BCUT2D eigenvalue weighted by Gasteiger charge is 2.06. The van der Waals surface area contributed by atoms with Gasteiger partial charge in [-0.3, -0.25) is 0 Å². The molecule has 0 aromatic carbocycles. The average molecular weight is 214 g/mol. The van der Waals surface area contributed by atoms with Crippen LogP contribution in [0.1, 0.15) is 6.42 Å². The highest BCUT2D eigenvalue weighted by molar-refractivity contribution is 9.09. The van der Waals surface area contributed by atoms with Crippen LogP contribution in [0.4, 0.5) is 0 Å². The van der Waals surface area contributed by atoms with E-state index in [0.29, 0.717) is 0 Å². The van der Waals surface area contributed by atoms with E-state index in [9.17, 15) is 4.57 Å². The fourth-order valence-electron chi connectivity index (χ4n) is 0.226. The van der Waals surface area contributed by atoms with Gasteiger partial charge in [0.05, 0.1) is 0 Å². The Bertz CT molecular complexity index is 114. The average Bonchev–Trinajstić information content (AvgIpc) is 1.80. The van der Waals surface area contributed by atoms with Crippen LogP contribution in [-0.4, -0.2) is 10.2 Å². The molecule has 0 aromatic heterocycles. The molecule has 0 amide bonds. The van der Waals surface area contributed by atoms with Crippen molar-refractivity contribution >= 4 is 24.2 Å². The van der Waals surface area contributed by atoms with Crippen LogP contribution in [-0.2, 0) is 9.09 Å². The van der Waals surface area contributed by atoms with Crippen LogP contribution in [0.3, 0.4) is 0 Å². The van der Waals surface area contributed by atoms with E-state index in [0.717, 1.165) is 11.8 Å². The first-order chi connectivity index (χ1) is 4.27. The topological polar surface area (TPSA) is 46.5 Å². The zero-order valence-electron chi connectivity index (χ0n) is 4.66. The van der Waals surface area contributed by atoms with Crippen molar-refractivity contribution in [2.75, 3.05) is 5.33 Å². The Morgan fingerprint density at radius 3 is 2.89 bits per heavy atom. The van der Waals surface area contributed by atoms with Gasteiger partial charge in [-0.15, -0.1) is 4.89 Å². The quantitative estimate of drug-likeness (QED) is 0.442. The molecule has 5 heteroatoms. The Morgan fingerprint density at radius 1 is 1.78 bits per heavy atom. The predicted octanol–water partition coefficient (Wildman–Crippen LogP) is 1.95. The second-order valence-corrected chi connectivity index (χ2v) is 2.67. The second-order valence-electron chi connectivity index (χ2n) is 1.19. The van der Waals surface area contributed by atoms with Crippen molar-refractivity contribution in [1.29, 1.82) is 0 Å². The molecule has 0 bridgehead atoms. The minimum absolute atomic E-state index is 0.795. The zero-order valence-corrected chi connectivity index (χ0v) is 7.14. The molecule has 0 aliphatic heterocycles. The minimum Gasteiger partial charge on any atom is -0.238 e. The highest BCUT2D eigenvalue weighted by atomic mass is 79.9. The van der Waals surface area contributed by atoms with Gasteiger partial charge >= 0.3 is 8.25 Å². The lowest BCUT2D eigenvalue weighted by molar-refractivity contribution is 0.377. The summed E-state index contributed by atoms with van der Waals surface area (Å²) in [6.07, 6.45) is 3.68. The van der Waals surface area contributed by atoms with Gasteiger partial charge in [0.1, 0.15) is 6.26 Å². The van der Waals surface area contributed by atoms with Crippen LogP contribution >= 0.6 is 24.2 Å². The van der Waals surface area contributed by atoms with E-state index < -0.39 is 8.25 Å². The van der Waals surface area contributed by atoms with E-state index in [-0.39, 0.29) is 0 Å². The molecule has 0 aliphatic carbocycles. The number of rotatable bonds is 4. The molecule has 0 rings (SSSR count). The molecule has 0 aliphatic rings. The van der Waals surface area contributed by atoms with Gasteiger partial charge < -0.3 is 0 Å². The fraction of sp³-hybridized carbons (Fsp3) is 0.500. The van der Waals surface area contributed by atoms with Crippen molar-refractivity contribution in [3.05, 3.63) is 12.3 Å². The van der Waals surface area contributed by atoms with Crippen LogP contribution in [0.15, 0.2) is 12.3 Å². The van der Waals surface area contributed by atoms with E-state index in [1.54, 1.807) is 6.08 Å². The Balaban J connectivity index is 3.14. The van der Waals surface area contributed by atoms with Crippen molar-refractivity contribution in [1.82, 2.24) is 0 Å². The number of alkyl halides is 1. The maximum absolute atomic E-state index is 9.83. The van der Waals surface area contributed by atoms with Crippen LogP contribution in [0.2, 0.25) is 0 Å². The SMILES string of the molecule is O=[P+](O)OC=CCCBr. The van der Waals surface area contributed by atoms with Gasteiger partial charge in [-0.25, -0.2) is 4.52 Å². The Morgan fingerprint density at radius 2 is 2.44 bits per heavy atom. The van der Waals surface area contributed by atoms with E-state index in [2.05, 4.69) is 20.5 Å². The molecular weight excluding hydrogens is 207 g/mol. The van der Waals surface area contributed by atoms with Crippen molar-refractivity contribution in [2.24, 2.45) is 0 Å². The van der Waals surface area contributed by atoms with Crippen LogP contribution in [0.5, 0.6) is 0 Å². The summed E-state index contributed by atoms with van der Waals surface area (Å²) in [6.45, 7) is 0. The molecule has 0 saturated carbocycles. The standard InChI is InChI=1S/C4H6BrO3P/c5-3-1-2-4-8-9(6)7/h2,4H,1,3H2/p+1. The largest absolute Gasteiger partial charge is 0.746 e. The third kappa shape index (κ3) is 8.08. The molecule has 3 nitrogen and oxygen atoms in total. The van der Waals surface area contributed by atoms with Gasteiger partial charge in [0.2, 0.25) is 0 Å². The molecule has 0 fully saturated rings. The van der Waals surface area contributed by atoms with Crippen LogP contribution in [0, 0.1) is 0 Å². The summed E-state index contributed by atoms with van der Waals surface area (Å²) in [6, 6.07) is 0. The molecule has 1 N–H and O–H groups in total. The molecule has 0 saturated heterocycles. The zero-order chi connectivity index (χ0) is 7.11. The fourth-order valence-corrected chi connectivity index (χ4v) is 0.681. The number of hydrogen-bond acceptors (Lipinski definition) is 2. The summed E-state index contributed by atoms with van der Waals surface area (Å²) in [5.41, 5.74) is 0. The summed E-state index contributed by atoms with van der Waals surface area (Å²) < 4.78 is 14.0. The first-order valence-electron chi connectivity index (χ1n) is 2.31. The Kier molecular flexibility index (Phi) is 6.26. The molecule has 0 radical (unpaired) electrons. The summed E-state index contributed by atoms with van der Waals surface area (Å²) >= 11 is 3.17. The smallest absolute Gasteiger partial charge is 0.238 e. The summed E-state index contributed by atoms with van der Waals surface area (Å²) in [4.78, 5) is 8.08. The maximum Gasteiger partial charge on any atom is 0.746 e. The third-order valence-electron chi connectivity index (χ3n) is 0.523. The Hall–Kier alpha value is 0.0800. The van der Waals surface area contributed by atoms with Gasteiger partial charge in [-0.1, -0.05) is 15.9 Å². The molecule has 52 valence electrons. The molecule has 9 heavy (non-hydrogen) atoms. The summed E-state index contributed by atoms with van der Waals surface area (Å²) in [5.74, 6) is 0. The molecule has 0 heterocycles. The molecular formula is C4H7BrO3P+. The summed E-state index contributed by atoms with van der Waals surface area (Å²) in [5, 5.41) is 0.828. The minimum atomic E-state index is -2.47. The molecule has 0 spiro atoms.